The number of methoxy groups -OCH3 is 1. The highest BCUT2D eigenvalue weighted by Crippen LogP contribution is 2.51. The van der Waals surface area contributed by atoms with Gasteiger partial charge in [-0.1, -0.05) is 24.3 Å². The number of hydrogen-bond donors (Lipinski definition) is 0. The summed E-state index contributed by atoms with van der Waals surface area (Å²) in [6, 6.07) is 8.00. The number of benzene rings is 1. The van der Waals surface area contributed by atoms with E-state index in [4.69, 9.17) is 4.74 Å². The van der Waals surface area contributed by atoms with E-state index in [-0.39, 0.29) is 24.0 Å². The highest BCUT2D eigenvalue weighted by molar-refractivity contribution is 5.82. The van der Waals surface area contributed by atoms with Crippen LogP contribution < -0.4 is 0 Å². The third-order valence-electron chi connectivity index (χ3n) is 4.69. The van der Waals surface area contributed by atoms with E-state index in [1.807, 2.05) is 6.07 Å². The number of hydrogen-bond acceptors (Lipinski definition) is 4. The SMILES string of the molecule is COC(=O)[C@H]1[C@@H]2N=N[C@H]1c1ccccc1C1=C2CCC1. The molecule has 0 saturated heterocycles. The molecule has 0 saturated carbocycles. The van der Waals surface area contributed by atoms with Crippen LogP contribution in [0.2, 0.25) is 0 Å². The van der Waals surface area contributed by atoms with Crippen LogP contribution in [0.5, 0.6) is 0 Å². The highest BCUT2D eigenvalue weighted by Gasteiger charge is 2.48. The Bertz CT molecular complexity index is 648. The third kappa shape index (κ3) is 1.45. The Morgan fingerprint density at radius 1 is 1.20 bits per heavy atom. The molecule has 4 heteroatoms. The van der Waals surface area contributed by atoms with E-state index in [1.165, 1.54) is 23.8 Å². The molecule has 4 nitrogen and oxygen atoms in total. The fraction of sp³-hybridized carbons (Fsp3) is 0.438. The molecule has 20 heavy (non-hydrogen) atoms. The van der Waals surface area contributed by atoms with Gasteiger partial charge < -0.3 is 4.74 Å². The summed E-state index contributed by atoms with van der Waals surface area (Å²) in [5, 5.41) is 8.82. The number of azo groups is 1. The summed E-state index contributed by atoms with van der Waals surface area (Å²) in [7, 11) is 1.45. The summed E-state index contributed by atoms with van der Waals surface area (Å²) in [6.45, 7) is 0. The van der Waals surface area contributed by atoms with Gasteiger partial charge in [0.1, 0.15) is 18.0 Å². The second-order valence-corrected chi connectivity index (χ2v) is 5.61. The normalized spacial score (nSPS) is 29.9. The Morgan fingerprint density at radius 3 is 2.85 bits per heavy atom. The number of allylic oxidation sites excluding steroid dienone is 1. The van der Waals surface area contributed by atoms with Crippen LogP contribution >= 0.6 is 0 Å². The van der Waals surface area contributed by atoms with Crippen LogP contribution in [0.25, 0.3) is 5.57 Å². The molecule has 3 atom stereocenters. The van der Waals surface area contributed by atoms with Gasteiger partial charge in [-0.2, -0.15) is 10.2 Å². The third-order valence-corrected chi connectivity index (χ3v) is 4.69. The minimum Gasteiger partial charge on any atom is -0.469 e. The lowest BCUT2D eigenvalue weighted by molar-refractivity contribution is -0.146. The van der Waals surface area contributed by atoms with Gasteiger partial charge in [0.2, 0.25) is 0 Å². The minimum atomic E-state index is -0.285. The zero-order chi connectivity index (χ0) is 13.7. The number of nitrogens with zero attached hydrogens (tertiary/aromatic N) is 2. The molecule has 0 amide bonds. The Kier molecular flexibility index (Phi) is 2.52. The molecule has 1 aromatic rings. The smallest absolute Gasteiger partial charge is 0.313 e. The minimum absolute atomic E-state index is 0.114. The summed E-state index contributed by atoms with van der Waals surface area (Å²) >= 11 is 0. The van der Waals surface area contributed by atoms with Crippen molar-refractivity contribution in [1.82, 2.24) is 0 Å². The average molecular weight is 268 g/mol. The molecule has 3 aliphatic rings. The Balaban J connectivity index is 1.95. The van der Waals surface area contributed by atoms with Crippen molar-refractivity contribution in [3.05, 3.63) is 41.0 Å². The highest BCUT2D eigenvalue weighted by atomic mass is 16.5. The molecule has 0 unspecified atom stereocenters. The van der Waals surface area contributed by atoms with Crippen molar-refractivity contribution < 1.29 is 9.53 Å². The fourth-order valence-corrected chi connectivity index (χ4v) is 3.83. The monoisotopic (exact) mass is 268 g/mol. The maximum absolute atomic E-state index is 12.2. The lowest BCUT2D eigenvalue weighted by Gasteiger charge is -2.19. The van der Waals surface area contributed by atoms with Gasteiger partial charge in [0.25, 0.3) is 0 Å². The van der Waals surface area contributed by atoms with E-state index in [9.17, 15) is 4.79 Å². The average Bonchev–Trinajstić information content (AvgIpc) is 3.09. The number of carbonyl (C=O) groups is 1. The Morgan fingerprint density at radius 2 is 2.00 bits per heavy atom. The van der Waals surface area contributed by atoms with Gasteiger partial charge in [0.05, 0.1) is 7.11 Å². The first kappa shape index (κ1) is 11.8. The van der Waals surface area contributed by atoms with E-state index in [0.29, 0.717) is 0 Å². The Labute approximate surface area is 117 Å². The van der Waals surface area contributed by atoms with Crippen LogP contribution in [0.3, 0.4) is 0 Å². The topological polar surface area (TPSA) is 51.0 Å². The van der Waals surface area contributed by atoms with Crippen LogP contribution in [0.4, 0.5) is 0 Å². The van der Waals surface area contributed by atoms with Gasteiger partial charge >= 0.3 is 5.97 Å². The van der Waals surface area contributed by atoms with E-state index >= 15 is 0 Å². The zero-order valence-electron chi connectivity index (χ0n) is 11.4. The number of fused-ring (bicyclic) bond motifs is 6. The van der Waals surface area contributed by atoms with Gasteiger partial charge in [0.15, 0.2) is 0 Å². The second kappa shape index (κ2) is 4.27. The summed E-state index contributed by atoms with van der Waals surface area (Å²) in [6.07, 6.45) is 3.25. The second-order valence-electron chi connectivity index (χ2n) is 5.61. The molecule has 102 valence electrons. The van der Waals surface area contributed by atoms with Crippen molar-refractivity contribution >= 4 is 11.5 Å². The molecule has 0 fully saturated rings. The summed E-state index contributed by atoms with van der Waals surface area (Å²) < 4.78 is 5.01. The molecule has 0 aromatic heterocycles. The Hall–Kier alpha value is -1.97. The first-order valence-electron chi connectivity index (χ1n) is 7.10. The number of rotatable bonds is 1. The fourth-order valence-electron chi connectivity index (χ4n) is 3.83. The maximum atomic E-state index is 12.2. The zero-order valence-corrected chi connectivity index (χ0v) is 11.4. The van der Waals surface area contributed by atoms with Crippen LogP contribution in [0.1, 0.15) is 36.4 Å². The number of esters is 1. The molecule has 2 aliphatic carbocycles. The lowest BCUT2D eigenvalue weighted by atomic mass is 9.87. The molecule has 0 N–H and O–H groups in total. The first-order chi connectivity index (χ1) is 9.81. The number of ether oxygens (including phenoxy) is 1. The lowest BCUT2D eigenvalue weighted by Crippen LogP contribution is -2.29. The summed E-state index contributed by atoms with van der Waals surface area (Å²) in [5.74, 6) is -0.479. The van der Waals surface area contributed by atoms with Gasteiger partial charge in [-0.05, 0) is 41.5 Å². The van der Waals surface area contributed by atoms with E-state index in [1.54, 1.807) is 0 Å². The molecule has 1 aromatic carbocycles. The molecule has 0 spiro atoms. The maximum Gasteiger partial charge on any atom is 0.313 e. The van der Waals surface area contributed by atoms with E-state index < -0.39 is 0 Å². The molecule has 4 rings (SSSR count). The molecular formula is C16H16N2O2. The van der Waals surface area contributed by atoms with E-state index in [0.717, 1.165) is 24.8 Å². The van der Waals surface area contributed by atoms with Crippen LogP contribution in [-0.4, -0.2) is 19.1 Å². The molecule has 1 aliphatic heterocycles. The van der Waals surface area contributed by atoms with Crippen LogP contribution in [0.15, 0.2) is 40.1 Å². The van der Waals surface area contributed by atoms with Gasteiger partial charge in [-0.25, -0.2) is 0 Å². The predicted molar refractivity (Wildman–Crippen MR) is 74.1 cm³/mol. The van der Waals surface area contributed by atoms with Gasteiger partial charge in [-0.15, -0.1) is 0 Å². The predicted octanol–water partition coefficient (Wildman–Crippen LogP) is 3.30. The van der Waals surface area contributed by atoms with Crippen molar-refractivity contribution in [3.63, 3.8) is 0 Å². The largest absolute Gasteiger partial charge is 0.469 e. The molecule has 2 bridgehead atoms. The first-order valence-corrected chi connectivity index (χ1v) is 7.10. The summed E-state index contributed by atoms with van der Waals surface area (Å²) in [4.78, 5) is 12.2. The molecular weight excluding hydrogens is 252 g/mol. The van der Waals surface area contributed by atoms with Crippen molar-refractivity contribution in [1.29, 1.82) is 0 Å². The van der Waals surface area contributed by atoms with Gasteiger partial charge in [0, 0.05) is 0 Å². The van der Waals surface area contributed by atoms with Crippen LogP contribution in [0, 0.1) is 5.92 Å². The van der Waals surface area contributed by atoms with Crippen molar-refractivity contribution in [3.8, 4) is 0 Å². The van der Waals surface area contributed by atoms with Crippen LogP contribution in [-0.2, 0) is 9.53 Å². The van der Waals surface area contributed by atoms with E-state index in [2.05, 4.69) is 28.4 Å². The van der Waals surface area contributed by atoms with Crippen molar-refractivity contribution in [2.45, 2.75) is 31.3 Å². The van der Waals surface area contributed by atoms with Crippen molar-refractivity contribution in [2.24, 2.45) is 16.1 Å². The standard InChI is InChI=1S/C16H16N2O2/c1-20-16(19)13-14-11-6-3-2-5-9(11)10-7-4-8-12(10)15(13)18-17-14/h2-3,5-6,13-15H,4,7-8H2,1H3/t13-,14+,15-/m1/s1. The quantitative estimate of drug-likeness (QED) is 0.734. The number of carbonyl (C=O) groups excluding carboxylic acids is 1. The van der Waals surface area contributed by atoms with Gasteiger partial charge in [-0.3, -0.25) is 4.79 Å². The van der Waals surface area contributed by atoms with Crippen molar-refractivity contribution in [2.75, 3.05) is 7.11 Å². The molecule has 0 radical (unpaired) electrons. The summed E-state index contributed by atoms with van der Waals surface area (Å²) in [5.41, 5.74) is 5.08. The molecule has 1 heterocycles.